The Morgan fingerprint density at radius 2 is 1.27 bits per heavy atom. The van der Waals surface area contributed by atoms with Gasteiger partial charge in [0.1, 0.15) is 5.84 Å². The van der Waals surface area contributed by atoms with E-state index in [4.69, 9.17) is 4.99 Å². The van der Waals surface area contributed by atoms with Crippen molar-refractivity contribution in [2.75, 3.05) is 0 Å². The lowest BCUT2D eigenvalue weighted by atomic mass is 10.0. The molecule has 0 saturated carbocycles. The highest BCUT2D eigenvalue weighted by molar-refractivity contribution is 6.20. The van der Waals surface area contributed by atoms with E-state index < -0.39 is 0 Å². The molecular weight excluding hydrogens is 717 g/mol. The smallest absolute Gasteiger partial charge is 0.134 e. The maximum Gasteiger partial charge on any atom is 0.134 e. The van der Waals surface area contributed by atoms with Crippen molar-refractivity contribution in [1.29, 1.82) is 0 Å². The van der Waals surface area contributed by atoms with Gasteiger partial charge in [0, 0.05) is 44.7 Å². The summed E-state index contributed by atoms with van der Waals surface area (Å²) in [5.74, 6) is 0.858. The van der Waals surface area contributed by atoms with E-state index in [1.54, 1.807) is 6.08 Å². The first kappa shape index (κ1) is 38.4. The number of rotatable bonds is 7. The molecule has 0 bridgehead atoms. The molecule has 3 heterocycles. The summed E-state index contributed by atoms with van der Waals surface area (Å²) in [4.78, 5) is 5.21. The summed E-state index contributed by atoms with van der Waals surface area (Å²) >= 11 is 0. The SMILES string of the molecule is C1=C(c2ccccc2)N=C(c2cccc(-n3c4ccccc4c4ccc5cc6c(ccn6-c6ccccc6)cc5c43)c2)NC1c1ccccc1.C=C/C=C\C=C/C.CC. The van der Waals surface area contributed by atoms with Crippen LogP contribution in [-0.4, -0.2) is 15.0 Å². The van der Waals surface area contributed by atoms with Gasteiger partial charge in [-0.1, -0.05) is 172 Å². The first-order chi connectivity index (χ1) is 29.2. The number of hydrogen-bond donors (Lipinski definition) is 1. The molecule has 59 heavy (non-hydrogen) atoms. The van der Waals surface area contributed by atoms with Crippen LogP contribution in [0.25, 0.3) is 60.6 Å². The zero-order chi connectivity index (χ0) is 40.6. The summed E-state index contributed by atoms with van der Waals surface area (Å²) in [6, 6.07) is 60.6. The molecule has 0 spiro atoms. The van der Waals surface area contributed by atoms with E-state index in [1.807, 2.05) is 51.1 Å². The molecule has 10 rings (SSSR count). The number of nitrogens with zero attached hydrogens (tertiary/aromatic N) is 3. The van der Waals surface area contributed by atoms with Crippen molar-refractivity contribution >= 4 is 55.0 Å². The minimum atomic E-state index is -0.00894. The van der Waals surface area contributed by atoms with Crippen LogP contribution in [0.4, 0.5) is 0 Å². The van der Waals surface area contributed by atoms with E-state index in [0.29, 0.717) is 0 Å². The van der Waals surface area contributed by atoms with Crippen LogP contribution in [0.2, 0.25) is 0 Å². The van der Waals surface area contributed by atoms with Crippen molar-refractivity contribution in [2.45, 2.75) is 26.8 Å². The highest BCUT2D eigenvalue weighted by atomic mass is 15.1. The Hall–Kier alpha value is -7.43. The van der Waals surface area contributed by atoms with Crippen LogP contribution in [0.3, 0.4) is 0 Å². The highest BCUT2D eigenvalue weighted by Crippen LogP contribution is 2.39. The van der Waals surface area contributed by atoms with Crippen molar-refractivity contribution in [3.63, 3.8) is 0 Å². The number of para-hydroxylation sites is 2. The molecule has 1 aliphatic heterocycles. The molecule has 1 N–H and O–H groups in total. The van der Waals surface area contributed by atoms with Crippen molar-refractivity contribution in [3.8, 4) is 11.4 Å². The summed E-state index contributed by atoms with van der Waals surface area (Å²) in [7, 11) is 0. The van der Waals surface area contributed by atoms with Crippen LogP contribution in [-0.2, 0) is 0 Å². The first-order valence-electron chi connectivity index (χ1n) is 20.4. The van der Waals surface area contributed by atoms with Crippen molar-refractivity contribution in [3.05, 3.63) is 236 Å². The van der Waals surface area contributed by atoms with Crippen LogP contribution in [0.1, 0.15) is 43.5 Å². The van der Waals surface area contributed by atoms with E-state index in [1.165, 1.54) is 49.0 Å². The van der Waals surface area contributed by atoms with Gasteiger partial charge in [0.05, 0.1) is 28.3 Å². The molecule has 0 aliphatic carbocycles. The van der Waals surface area contributed by atoms with Gasteiger partial charge in [-0.25, -0.2) is 4.99 Å². The average Bonchev–Trinajstić information content (AvgIpc) is 3.89. The topological polar surface area (TPSA) is 34.2 Å². The fourth-order valence-corrected chi connectivity index (χ4v) is 7.84. The van der Waals surface area contributed by atoms with E-state index in [0.717, 1.165) is 34.0 Å². The molecule has 1 aliphatic rings. The van der Waals surface area contributed by atoms with Crippen LogP contribution in [0.5, 0.6) is 0 Å². The molecule has 7 aromatic carbocycles. The Morgan fingerprint density at radius 3 is 2.03 bits per heavy atom. The predicted molar refractivity (Wildman–Crippen MR) is 254 cm³/mol. The fraction of sp³-hybridized carbons (Fsp3) is 0.0727. The summed E-state index contributed by atoms with van der Waals surface area (Å²) in [6.07, 6.45) is 13.9. The second-order valence-corrected chi connectivity index (χ2v) is 14.1. The molecule has 1 atom stereocenters. The molecule has 0 radical (unpaired) electrons. The number of allylic oxidation sites excluding steroid dienone is 5. The Kier molecular flexibility index (Phi) is 11.6. The predicted octanol–water partition coefficient (Wildman–Crippen LogP) is 14.3. The van der Waals surface area contributed by atoms with Gasteiger partial charge in [0.2, 0.25) is 0 Å². The number of aliphatic imine (C=N–C) groups is 1. The Labute approximate surface area is 347 Å². The summed E-state index contributed by atoms with van der Waals surface area (Å²) in [5, 5.41) is 9.90. The van der Waals surface area contributed by atoms with Gasteiger partial charge in [0.15, 0.2) is 0 Å². The molecule has 0 amide bonds. The van der Waals surface area contributed by atoms with E-state index >= 15 is 0 Å². The number of hydrogen-bond acceptors (Lipinski definition) is 2. The fourth-order valence-electron chi connectivity index (χ4n) is 7.84. The van der Waals surface area contributed by atoms with Gasteiger partial charge in [-0.3, -0.25) is 0 Å². The minimum Gasteiger partial charge on any atom is -0.359 e. The third-order valence-electron chi connectivity index (χ3n) is 10.5. The van der Waals surface area contributed by atoms with Gasteiger partial charge in [-0.2, -0.15) is 0 Å². The Balaban J connectivity index is 0.000000490. The second kappa shape index (κ2) is 17.8. The molecule has 2 aromatic heterocycles. The standard InChI is InChI=1S/C46H32N4.C7H10.C2H6/c1-4-13-31(14-5-1)41-30-42(32-15-6-2-7-16-32)48-46(47-41)35-17-12-20-37(27-35)50-43-22-11-10-21-38(43)39-24-23-33-29-44-34(28-40(33)45(39)50)25-26-49(44)36-18-8-3-9-19-36;1-3-5-7-6-4-2;1-2/h1-30,41H,(H,47,48);3-7H,1H2,2H3;1-2H3/b;6-4-,7-5-;. The van der Waals surface area contributed by atoms with Gasteiger partial charge in [0.25, 0.3) is 0 Å². The van der Waals surface area contributed by atoms with Crippen molar-refractivity contribution in [1.82, 2.24) is 14.5 Å². The zero-order valence-electron chi connectivity index (χ0n) is 33.8. The van der Waals surface area contributed by atoms with Crippen LogP contribution < -0.4 is 5.32 Å². The minimum absolute atomic E-state index is 0.00894. The first-order valence-corrected chi connectivity index (χ1v) is 20.4. The Morgan fingerprint density at radius 1 is 0.576 bits per heavy atom. The van der Waals surface area contributed by atoms with Crippen molar-refractivity contribution in [2.24, 2.45) is 4.99 Å². The van der Waals surface area contributed by atoms with Gasteiger partial charge >= 0.3 is 0 Å². The molecule has 4 nitrogen and oxygen atoms in total. The van der Waals surface area contributed by atoms with E-state index in [-0.39, 0.29) is 6.04 Å². The maximum atomic E-state index is 5.21. The lowest BCUT2D eigenvalue weighted by Crippen LogP contribution is -2.31. The quantitative estimate of drug-likeness (QED) is 0.161. The molecule has 9 aromatic rings. The molecule has 0 fully saturated rings. The molecule has 288 valence electrons. The molecule has 0 saturated heterocycles. The van der Waals surface area contributed by atoms with Crippen molar-refractivity contribution < 1.29 is 0 Å². The lowest BCUT2D eigenvalue weighted by Gasteiger charge is -2.25. The lowest BCUT2D eigenvalue weighted by molar-refractivity contribution is 0.781. The molecular formula is C55H48N4. The van der Waals surface area contributed by atoms with E-state index in [9.17, 15) is 0 Å². The molecule has 4 heteroatoms. The number of nitrogens with one attached hydrogen (secondary N) is 1. The number of amidine groups is 1. The van der Waals surface area contributed by atoms with Gasteiger partial charge < -0.3 is 14.5 Å². The number of aromatic nitrogens is 2. The number of benzene rings is 7. The monoisotopic (exact) mass is 764 g/mol. The van der Waals surface area contributed by atoms with Crippen LogP contribution in [0.15, 0.2) is 224 Å². The van der Waals surface area contributed by atoms with Gasteiger partial charge in [-0.05, 0) is 78.0 Å². The summed E-state index contributed by atoms with van der Waals surface area (Å²) < 4.78 is 4.71. The largest absolute Gasteiger partial charge is 0.359 e. The van der Waals surface area contributed by atoms with Crippen LogP contribution >= 0.6 is 0 Å². The third kappa shape index (κ3) is 7.81. The summed E-state index contributed by atoms with van der Waals surface area (Å²) in [5.41, 5.74) is 10.2. The summed E-state index contributed by atoms with van der Waals surface area (Å²) in [6.45, 7) is 9.49. The third-order valence-corrected chi connectivity index (χ3v) is 10.5. The maximum absolute atomic E-state index is 5.21. The second-order valence-electron chi connectivity index (χ2n) is 14.1. The van der Waals surface area contributed by atoms with E-state index in [2.05, 4.69) is 197 Å². The zero-order valence-corrected chi connectivity index (χ0v) is 33.8. The average molecular weight is 765 g/mol. The van der Waals surface area contributed by atoms with Gasteiger partial charge in [-0.15, -0.1) is 0 Å². The Bertz CT molecular complexity index is 3000. The molecule has 1 unspecified atom stereocenters. The normalized spacial score (nSPS) is 13.8. The number of fused-ring (bicyclic) bond motifs is 6. The van der Waals surface area contributed by atoms with Crippen LogP contribution in [0, 0.1) is 0 Å². The highest BCUT2D eigenvalue weighted by Gasteiger charge is 2.21.